The fourth-order valence-corrected chi connectivity index (χ4v) is 3.14. The van der Waals surface area contributed by atoms with Crippen molar-refractivity contribution in [1.82, 2.24) is 10.3 Å². The Labute approximate surface area is 165 Å². The lowest BCUT2D eigenvalue weighted by Gasteiger charge is -2.40. The molecule has 1 aliphatic heterocycles. The van der Waals surface area contributed by atoms with Crippen molar-refractivity contribution in [2.24, 2.45) is 5.41 Å². The van der Waals surface area contributed by atoms with E-state index in [2.05, 4.69) is 15.2 Å². The van der Waals surface area contributed by atoms with E-state index in [9.17, 15) is 14.4 Å². The maximum absolute atomic E-state index is 12.4. The van der Waals surface area contributed by atoms with Crippen LogP contribution in [0.3, 0.4) is 0 Å². The fourth-order valence-electron chi connectivity index (χ4n) is 3.14. The van der Waals surface area contributed by atoms with Crippen molar-refractivity contribution < 1.29 is 23.9 Å². The summed E-state index contributed by atoms with van der Waals surface area (Å²) in [4.78, 5) is 41.6. The summed E-state index contributed by atoms with van der Waals surface area (Å²) in [5, 5.41) is 2.27. The summed E-state index contributed by atoms with van der Waals surface area (Å²) >= 11 is 0. The van der Waals surface area contributed by atoms with Crippen molar-refractivity contribution in [3.63, 3.8) is 0 Å². The van der Waals surface area contributed by atoms with Gasteiger partial charge in [0.2, 0.25) is 12.3 Å². The highest BCUT2D eigenvalue weighted by Crippen LogP contribution is 2.34. The standard InChI is InChI=1S/C20H29N3O5/c1-5-27-13-20(18(26)22-14-24)8-10-23(11-9-20)16-7-6-15(12-21-16)17(25)28-19(2,3)4/h6-7,12,14H,5,8-11,13H2,1-4H3,(H,22,24,26). The van der Waals surface area contributed by atoms with Gasteiger partial charge in [0.25, 0.3) is 0 Å². The number of imide groups is 1. The molecule has 2 rings (SSSR count). The van der Waals surface area contributed by atoms with Gasteiger partial charge < -0.3 is 14.4 Å². The minimum absolute atomic E-state index is 0.280. The average molecular weight is 391 g/mol. The molecule has 0 radical (unpaired) electrons. The molecule has 8 heteroatoms. The number of carbonyl (C=O) groups is 3. The zero-order chi connectivity index (χ0) is 20.8. The number of carbonyl (C=O) groups excluding carboxylic acids is 3. The number of piperidine rings is 1. The molecular formula is C20H29N3O5. The van der Waals surface area contributed by atoms with Crippen molar-refractivity contribution >= 4 is 24.1 Å². The molecule has 1 aromatic heterocycles. The van der Waals surface area contributed by atoms with Gasteiger partial charge >= 0.3 is 5.97 Å². The quantitative estimate of drug-likeness (QED) is 0.560. The molecule has 0 saturated carbocycles. The third-order valence-corrected chi connectivity index (χ3v) is 4.68. The highest BCUT2D eigenvalue weighted by molar-refractivity contribution is 5.91. The Morgan fingerprint density at radius 3 is 2.46 bits per heavy atom. The SMILES string of the molecule is CCOCC1(C(=O)NC=O)CCN(c2ccc(C(=O)OC(C)(C)C)cn2)CC1. The smallest absolute Gasteiger partial charge is 0.340 e. The van der Waals surface area contributed by atoms with E-state index in [1.807, 2.05) is 27.7 Å². The Morgan fingerprint density at radius 1 is 1.29 bits per heavy atom. The molecule has 154 valence electrons. The van der Waals surface area contributed by atoms with Crippen LogP contribution in [0.2, 0.25) is 0 Å². The molecule has 2 heterocycles. The Bertz CT molecular complexity index is 689. The van der Waals surface area contributed by atoms with Gasteiger partial charge in [-0.3, -0.25) is 14.9 Å². The van der Waals surface area contributed by atoms with E-state index in [4.69, 9.17) is 9.47 Å². The van der Waals surface area contributed by atoms with E-state index in [-0.39, 0.29) is 12.5 Å². The van der Waals surface area contributed by atoms with E-state index >= 15 is 0 Å². The number of rotatable bonds is 7. The summed E-state index contributed by atoms with van der Waals surface area (Å²) < 4.78 is 10.8. The van der Waals surface area contributed by atoms with Gasteiger partial charge in [-0.25, -0.2) is 9.78 Å². The van der Waals surface area contributed by atoms with Crippen LogP contribution in [-0.4, -0.2) is 55.2 Å². The lowest BCUT2D eigenvalue weighted by Crippen LogP contribution is -2.51. The van der Waals surface area contributed by atoms with Crippen molar-refractivity contribution in [3.8, 4) is 0 Å². The Kier molecular flexibility index (Phi) is 7.12. The van der Waals surface area contributed by atoms with Crippen LogP contribution in [0.4, 0.5) is 5.82 Å². The molecule has 0 bridgehead atoms. The van der Waals surface area contributed by atoms with E-state index in [0.717, 1.165) is 5.82 Å². The lowest BCUT2D eigenvalue weighted by atomic mass is 9.78. The molecule has 0 aliphatic carbocycles. The van der Waals surface area contributed by atoms with Crippen LogP contribution in [-0.2, 0) is 19.1 Å². The van der Waals surface area contributed by atoms with E-state index in [0.29, 0.717) is 44.5 Å². The van der Waals surface area contributed by atoms with Crippen molar-refractivity contribution in [3.05, 3.63) is 23.9 Å². The average Bonchev–Trinajstić information content (AvgIpc) is 2.66. The highest BCUT2D eigenvalue weighted by Gasteiger charge is 2.41. The Balaban J connectivity index is 2.04. The molecule has 1 fully saturated rings. The van der Waals surface area contributed by atoms with Crippen molar-refractivity contribution in [1.29, 1.82) is 0 Å². The minimum atomic E-state index is -0.718. The second-order valence-corrected chi connectivity index (χ2v) is 7.90. The summed E-state index contributed by atoms with van der Waals surface area (Å²) in [5.74, 6) is 0.0170. The molecule has 1 N–H and O–H groups in total. The first-order valence-electron chi connectivity index (χ1n) is 9.47. The van der Waals surface area contributed by atoms with Crippen LogP contribution >= 0.6 is 0 Å². The van der Waals surface area contributed by atoms with Crippen LogP contribution in [0.1, 0.15) is 50.9 Å². The molecule has 0 aromatic carbocycles. The summed E-state index contributed by atoms with van der Waals surface area (Å²) in [6.45, 7) is 9.30. The van der Waals surface area contributed by atoms with Gasteiger partial charge in [0.05, 0.1) is 17.6 Å². The molecule has 1 aromatic rings. The van der Waals surface area contributed by atoms with Crippen LogP contribution in [0.15, 0.2) is 18.3 Å². The van der Waals surface area contributed by atoms with Gasteiger partial charge in [-0.15, -0.1) is 0 Å². The zero-order valence-corrected chi connectivity index (χ0v) is 17.0. The van der Waals surface area contributed by atoms with Crippen LogP contribution in [0, 0.1) is 5.41 Å². The summed E-state index contributed by atoms with van der Waals surface area (Å²) in [6.07, 6.45) is 3.01. The second-order valence-electron chi connectivity index (χ2n) is 7.90. The largest absolute Gasteiger partial charge is 0.456 e. The molecule has 0 spiro atoms. The lowest BCUT2D eigenvalue weighted by molar-refractivity contribution is -0.138. The fraction of sp³-hybridized carbons (Fsp3) is 0.600. The number of anilines is 1. The maximum Gasteiger partial charge on any atom is 0.340 e. The Morgan fingerprint density at radius 2 is 1.96 bits per heavy atom. The van der Waals surface area contributed by atoms with Crippen LogP contribution < -0.4 is 10.2 Å². The molecule has 8 nitrogen and oxygen atoms in total. The van der Waals surface area contributed by atoms with Crippen molar-refractivity contribution in [2.75, 3.05) is 31.2 Å². The molecule has 0 atom stereocenters. The molecule has 1 saturated heterocycles. The van der Waals surface area contributed by atoms with E-state index < -0.39 is 17.0 Å². The highest BCUT2D eigenvalue weighted by atomic mass is 16.6. The number of hydrogen-bond acceptors (Lipinski definition) is 7. The number of hydrogen-bond donors (Lipinski definition) is 1. The summed E-state index contributed by atoms with van der Waals surface area (Å²) in [7, 11) is 0. The van der Waals surface area contributed by atoms with Gasteiger partial charge in [0, 0.05) is 25.9 Å². The van der Waals surface area contributed by atoms with Gasteiger partial charge in [0.1, 0.15) is 11.4 Å². The number of pyridine rings is 1. The maximum atomic E-state index is 12.4. The molecular weight excluding hydrogens is 362 g/mol. The Hall–Kier alpha value is -2.48. The molecule has 0 unspecified atom stereocenters. The van der Waals surface area contributed by atoms with Gasteiger partial charge in [0.15, 0.2) is 0 Å². The zero-order valence-electron chi connectivity index (χ0n) is 17.0. The topological polar surface area (TPSA) is 97.8 Å². The predicted molar refractivity (Wildman–Crippen MR) is 104 cm³/mol. The monoisotopic (exact) mass is 391 g/mol. The number of ether oxygens (including phenoxy) is 2. The van der Waals surface area contributed by atoms with Crippen molar-refractivity contribution in [2.45, 2.75) is 46.1 Å². The van der Waals surface area contributed by atoms with E-state index in [1.54, 1.807) is 12.1 Å². The van der Waals surface area contributed by atoms with Gasteiger partial charge in [-0.1, -0.05) is 0 Å². The first-order valence-corrected chi connectivity index (χ1v) is 9.47. The third kappa shape index (κ3) is 5.51. The molecule has 28 heavy (non-hydrogen) atoms. The normalized spacial score (nSPS) is 16.4. The molecule has 1 aliphatic rings. The number of aromatic nitrogens is 1. The van der Waals surface area contributed by atoms with Gasteiger partial charge in [-0.2, -0.15) is 0 Å². The van der Waals surface area contributed by atoms with Gasteiger partial charge in [-0.05, 0) is 52.7 Å². The number of esters is 1. The third-order valence-electron chi connectivity index (χ3n) is 4.68. The summed E-state index contributed by atoms with van der Waals surface area (Å²) in [5.41, 5.74) is -0.884. The van der Waals surface area contributed by atoms with Crippen LogP contribution in [0.25, 0.3) is 0 Å². The number of nitrogens with zero attached hydrogens (tertiary/aromatic N) is 2. The number of nitrogens with one attached hydrogen (secondary N) is 1. The second kappa shape index (κ2) is 9.14. The van der Waals surface area contributed by atoms with E-state index in [1.165, 1.54) is 6.20 Å². The first-order chi connectivity index (χ1) is 13.2. The number of amides is 2. The minimum Gasteiger partial charge on any atom is -0.456 e. The first kappa shape index (κ1) is 21.8. The van der Waals surface area contributed by atoms with Crippen LogP contribution in [0.5, 0.6) is 0 Å². The molecule has 2 amide bonds. The predicted octanol–water partition coefficient (Wildman–Crippen LogP) is 1.93. The summed E-state index contributed by atoms with van der Waals surface area (Å²) in [6, 6.07) is 3.47.